The number of rotatable bonds is 1. The van der Waals surface area contributed by atoms with Crippen molar-refractivity contribution in [3.8, 4) is 0 Å². The molecular weight excluding hydrogens is 376 g/mol. The average molecular weight is 420 g/mol. The van der Waals surface area contributed by atoms with Crippen LogP contribution in [0.1, 0.15) is 59.6 Å². The predicted octanol–water partition coefficient (Wildman–Crippen LogP) is 7.51. The summed E-state index contributed by atoms with van der Waals surface area (Å²) in [6.45, 7) is 22.5. The SMILES string of the molecule is CC1=[C-]C(C)C(C)=C1C.Cc1cc(C)cc([Si](C)C(C)(C)C)c1.[CH3-].[CH3-].[CH3-].[Ti+4]. The van der Waals surface area contributed by atoms with Gasteiger partial charge in [-0.25, -0.2) is 5.57 Å². The van der Waals surface area contributed by atoms with Crippen LogP contribution >= 0.6 is 0 Å². The molecule has 151 valence electrons. The minimum absolute atomic E-state index is 0. The van der Waals surface area contributed by atoms with E-state index in [-0.39, 0.29) is 44.0 Å². The molecule has 1 aromatic carbocycles. The molecule has 0 N–H and O–H groups in total. The molecule has 0 spiro atoms. The van der Waals surface area contributed by atoms with Crippen molar-refractivity contribution in [2.75, 3.05) is 0 Å². The zero-order chi connectivity index (χ0) is 17.9. The van der Waals surface area contributed by atoms with Gasteiger partial charge in [0.25, 0.3) is 0 Å². The molecule has 1 unspecified atom stereocenters. The second-order valence-corrected chi connectivity index (χ2v) is 11.4. The molecule has 0 aliphatic heterocycles. The molecule has 2 heteroatoms. The Kier molecular flexibility index (Phi) is 17.4. The summed E-state index contributed by atoms with van der Waals surface area (Å²) < 4.78 is 0. The molecule has 1 aromatic rings. The van der Waals surface area contributed by atoms with Crippen molar-refractivity contribution < 1.29 is 21.7 Å². The molecule has 1 aliphatic carbocycles. The largest absolute Gasteiger partial charge is 4.00 e. The monoisotopic (exact) mass is 419 g/mol. The van der Waals surface area contributed by atoms with Crippen molar-refractivity contribution >= 4 is 14.0 Å². The molecule has 1 radical (unpaired) electrons. The fraction of sp³-hybridized carbons (Fsp3) is 0.480. The Morgan fingerprint density at radius 1 is 0.852 bits per heavy atom. The first-order valence-corrected chi connectivity index (χ1v) is 10.6. The van der Waals surface area contributed by atoms with Crippen LogP contribution in [0, 0.1) is 48.1 Å². The van der Waals surface area contributed by atoms with Gasteiger partial charge in [0.15, 0.2) is 0 Å². The van der Waals surface area contributed by atoms with E-state index in [1.165, 1.54) is 27.8 Å². The number of allylic oxidation sites excluding steroid dienone is 4. The maximum Gasteiger partial charge on any atom is 4.00 e. The van der Waals surface area contributed by atoms with Gasteiger partial charge in [-0.2, -0.15) is 11.1 Å². The van der Waals surface area contributed by atoms with Crippen LogP contribution in [0.4, 0.5) is 0 Å². The summed E-state index contributed by atoms with van der Waals surface area (Å²) in [5, 5.41) is 2.02. The Hall–Kier alpha value is -0.369. The maximum absolute atomic E-state index is 3.36. The van der Waals surface area contributed by atoms with Crippen molar-refractivity contribution in [1.82, 2.24) is 0 Å². The third kappa shape index (κ3) is 10.1. The minimum Gasteiger partial charge on any atom is -0.358 e. The van der Waals surface area contributed by atoms with Crippen molar-refractivity contribution in [2.45, 2.75) is 73.9 Å². The van der Waals surface area contributed by atoms with Crippen molar-refractivity contribution in [3.05, 3.63) is 74.4 Å². The Morgan fingerprint density at radius 3 is 1.48 bits per heavy atom. The van der Waals surface area contributed by atoms with Crippen LogP contribution in [0.2, 0.25) is 11.6 Å². The molecule has 0 saturated heterocycles. The van der Waals surface area contributed by atoms with Crippen molar-refractivity contribution in [3.63, 3.8) is 0 Å². The summed E-state index contributed by atoms with van der Waals surface area (Å²) >= 11 is 0. The predicted molar refractivity (Wildman–Crippen MR) is 126 cm³/mol. The van der Waals surface area contributed by atoms with E-state index in [4.69, 9.17) is 0 Å². The maximum atomic E-state index is 3.36. The molecule has 0 heterocycles. The van der Waals surface area contributed by atoms with Gasteiger partial charge < -0.3 is 22.3 Å². The van der Waals surface area contributed by atoms with E-state index in [9.17, 15) is 0 Å². The van der Waals surface area contributed by atoms with E-state index in [0.717, 1.165) is 0 Å². The van der Waals surface area contributed by atoms with Crippen LogP contribution in [-0.2, 0) is 21.7 Å². The van der Waals surface area contributed by atoms with E-state index in [1.54, 1.807) is 5.19 Å². The van der Waals surface area contributed by atoms with E-state index in [0.29, 0.717) is 11.0 Å². The number of hydrogen-bond acceptors (Lipinski definition) is 0. The first-order valence-electron chi connectivity index (χ1n) is 8.64. The number of benzene rings is 1. The van der Waals surface area contributed by atoms with Crippen LogP contribution in [0.5, 0.6) is 0 Å². The Labute approximate surface area is 189 Å². The second kappa shape index (κ2) is 13.7. The molecular formula is C25H43SiTi. The standard InChI is InChI=1S/C13H21Si.C9H13.3CH3.Ti/c1-10-7-11(2)9-12(8-10)14(6)13(3,4)5;1-6-5-7(2)9(4)8(6)3;;;;/h7-9H,1-6H3;6H,1-4H3;3*1H3;/q;4*-1;+4. The molecule has 2 rings (SSSR count). The molecule has 0 fully saturated rings. The van der Waals surface area contributed by atoms with Gasteiger partial charge in [0, 0.05) is 0 Å². The van der Waals surface area contributed by atoms with Gasteiger partial charge in [-0.3, -0.25) is 6.08 Å². The van der Waals surface area contributed by atoms with Gasteiger partial charge in [0.2, 0.25) is 0 Å². The Balaban J connectivity index is -0.000000181. The average Bonchev–Trinajstić information content (AvgIpc) is 2.63. The third-order valence-electron chi connectivity index (χ3n) is 5.02. The molecule has 0 amide bonds. The molecule has 0 bridgehead atoms. The number of hydrogen-bond donors (Lipinski definition) is 0. The first kappa shape index (κ1) is 34.2. The topological polar surface area (TPSA) is 0 Å². The van der Waals surface area contributed by atoms with Gasteiger partial charge in [0.1, 0.15) is 0 Å². The van der Waals surface area contributed by atoms with Crippen LogP contribution in [0.25, 0.3) is 0 Å². The minimum atomic E-state index is -0.427. The molecule has 0 nitrogen and oxygen atoms in total. The van der Waals surface area contributed by atoms with Crippen molar-refractivity contribution in [1.29, 1.82) is 0 Å². The van der Waals surface area contributed by atoms with Gasteiger partial charge in [-0.15, -0.1) is 6.92 Å². The summed E-state index contributed by atoms with van der Waals surface area (Å²) in [4.78, 5) is 0. The molecule has 0 aromatic heterocycles. The van der Waals surface area contributed by atoms with E-state index >= 15 is 0 Å². The second-order valence-electron chi connectivity index (χ2n) is 8.05. The van der Waals surface area contributed by atoms with Gasteiger partial charge >= 0.3 is 21.7 Å². The number of aryl methyl sites for hydroxylation is 2. The summed E-state index contributed by atoms with van der Waals surface area (Å²) in [5.74, 6) is 0.560. The zero-order valence-electron chi connectivity index (χ0n) is 20.3. The summed E-state index contributed by atoms with van der Waals surface area (Å²) in [5.41, 5.74) is 7.04. The fourth-order valence-corrected chi connectivity index (χ4v) is 4.54. The smallest absolute Gasteiger partial charge is 0.358 e. The van der Waals surface area contributed by atoms with E-state index < -0.39 is 8.80 Å². The molecule has 27 heavy (non-hydrogen) atoms. The normalized spacial score (nSPS) is 15.4. The third-order valence-corrected chi connectivity index (χ3v) is 8.42. The van der Waals surface area contributed by atoms with Gasteiger partial charge in [-0.1, -0.05) is 88.5 Å². The van der Waals surface area contributed by atoms with Crippen molar-refractivity contribution in [2.24, 2.45) is 5.92 Å². The van der Waals surface area contributed by atoms with E-state index in [1.807, 2.05) is 0 Å². The van der Waals surface area contributed by atoms with Crippen LogP contribution in [0.15, 0.2) is 34.9 Å². The first-order chi connectivity index (χ1) is 10.4. The summed E-state index contributed by atoms with van der Waals surface area (Å²) in [7, 11) is -0.427. The molecule has 1 atom stereocenters. The van der Waals surface area contributed by atoms with Crippen LogP contribution in [-0.4, -0.2) is 8.80 Å². The Morgan fingerprint density at radius 2 is 1.26 bits per heavy atom. The molecule has 1 aliphatic rings. The van der Waals surface area contributed by atoms with E-state index in [2.05, 4.69) is 93.1 Å². The fourth-order valence-electron chi connectivity index (χ4n) is 2.79. The summed E-state index contributed by atoms with van der Waals surface area (Å²) in [6.07, 6.45) is 3.36. The van der Waals surface area contributed by atoms with Crippen LogP contribution < -0.4 is 5.19 Å². The van der Waals surface area contributed by atoms with Gasteiger partial charge in [-0.05, 0) is 18.9 Å². The summed E-state index contributed by atoms with van der Waals surface area (Å²) in [6, 6.07) is 6.96. The van der Waals surface area contributed by atoms with Crippen LogP contribution in [0.3, 0.4) is 0 Å². The van der Waals surface area contributed by atoms with Gasteiger partial charge in [0.05, 0.1) is 8.80 Å². The Bertz CT molecular complexity index is 597. The molecule has 0 saturated carbocycles. The zero-order valence-corrected chi connectivity index (χ0v) is 22.9. The quantitative estimate of drug-likeness (QED) is 0.326.